The van der Waals surface area contributed by atoms with Crippen LogP contribution in [0.3, 0.4) is 0 Å². The largest absolute Gasteiger partial charge is 0.506 e. The third-order valence-corrected chi connectivity index (χ3v) is 7.62. The lowest BCUT2D eigenvalue weighted by Crippen LogP contribution is -2.17. The highest BCUT2D eigenvalue weighted by Crippen LogP contribution is 2.36. The lowest BCUT2D eigenvalue weighted by molar-refractivity contribution is 0.0955. The molecule has 38 heavy (non-hydrogen) atoms. The van der Waals surface area contributed by atoms with Crippen molar-refractivity contribution < 1.29 is 9.90 Å². The molecular weight excluding hydrogens is 674 g/mol. The first-order chi connectivity index (χ1) is 18.4. The summed E-state index contributed by atoms with van der Waals surface area (Å²) in [5, 5.41) is 14.3. The van der Waals surface area contributed by atoms with E-state index in [2.05, 4.69) is 105 Å². The fraction of sp³-hybridized carbons (Fsp3) is 0. The average molecular weight is 694 g/mol. The molecule has 5 rings (SSSR count). The summed E-state index contributed by atoms with van der Waals surface area (Å²) >= 11 is 10.1. The van der Waals surface area contributed by atoms with Crippen molar-refractivity contribution in [2.45, 2.75) is 0 Å². The third-order valence-electron chi connectivity index (χ3n) is 5.88. The molecular formula is C30H20Br3N3O2. The molecule has 0 saturated heterocycles. The zero-order valence-corrected chi connectivity index (χ0v) is 24.5. The second kappa shape index (κ2) is 11.5. The van der Waals surface area contributed by atoms with Gasteiger partial charge in [0, 0.05) is 21.3 Å². The number of hydrogen-bond acceptors (Lipinski definition) is 3. The van der Waals surface area contributed by atoms with E-state index in [1.54, 1.807) is 6.21 Å². The number of aromatic nitrogens is 1. The van der Waals surface area contributed by atoms with Gasteiger partial charge in [0.15, 0.2) is 0 Å². The van der Waals surface area contributed by atoms with Crippen LogP contribution in [-0.4, -0.2) is 21.8 Å². The van der Waals surface area contributed by atoms with E-state index in [1.165, 1.54) is 12.1 Å². The molecule has 0 unspecified atom stereocenters. The fourth-order valence-corrected chi connectivity index (χ4v) is 5.57. The number of amides is 1. The molecule has 5 nitrogen and oxygen atoms in total. The van der Waals surface area contributed by atoms with Crippen molar-refractivity contribution in [2.75, 3.05) is 0 Å². The van der Waals surface area contributed by atoms with E-state index in [0.717, 1.165) is 38.2 Å². The zero-order chi connectivity index (χ0) is 26.6. The van der Waals surface area contributed by atoms with Crippen LogP contribution < -0.4 is 5.43 Å². The summed E-state index contributed by atoms with van der Waals surface area (Å²) in [7, 11) is 0. The van der Waals surface area contributed by atoms with Gasteiger partial charge < -0.3 is 9.67 Å². The highest BCUT2D eigenvalue weighted by Gasteiger charge is 2.19. The molecule has 0 saturated carbocycles. The molecule has 8 heteroatoms. The number of phenols is 1. The Morgan fingerprint density at radius 2 is 1.37 bits per heavy atom. The van der Waals surface area contributed by atoms with Crippen molar-refractivity contribution >= 4 is 59.9 Å². The molecule has 5 aromatic rings. The van der Waals surface area contributed by atoms with Gasteiger partial charge in [0.1, 0.15) is 5.75 Å². The number of hydrazone groups is 1. The highest BCUT2D eigenvalue weighted by atomic mass is 79.9. The number of nitrogens with zero attached hydrogens (tertiary/aromatic N) is 2. The summed E-state index contributed by atoms with van der Waals surface area (Å²) in [5.41, 5.74) is 8.79. The summed E-state index contributed by atoms with van der Waals surface area (Å²) in [6.45, 7) is 0. The third kappa shape index (κ3) is 5.53. The number of nitrogens with one attached hydrogen (secondary N) is 1. The molecule has 0 bridgehead atoms. The topological polar surface area (TPSA) is 66.6 Å². The van der Waals surface area contributed by atoms with E-state index in [4.69, 9.17) is 0 Å². The lowest BCUT2D eigenvalue weighted by Gasteiger charge is -2.15. The Bertz CT molecular complexity index is 1610. The van der Waals surface area contributed by atoms with Crippen molar-refractivity contribution in [3.8, 4) is 34.0 Å². The van der Waals surface area contributed by atoms with Gasteiger partial charge in [-0.15, -0.1) is 0 Å². The second-order valence-electron chi connectivity index (χ2n) is 8.37. The minimum absolute atomic E-state index is 0.0280. The standard InChI is InChI=1S/C30H20Br3N3O2/c31-23-11-13-24(14-12-23)36-27(19-7-3-1-4-8-19)17-22(28(36)20-9-5-2-6-10-20)18-34-35-30(38)21-15-25(32)29(37)26(33)16-21/h1-18,37H,(H,35,38)/b34-18-. The second-order valence-corrected chi connectivity index (χ2v) is 11.0. The van der Waals surface area contributed by atoms with Crippen molar-refractivity contribution in [3.63, 3.8) is 0 Å². The Hall–Kier alpha value is -3.46. The van der Waals surface area contributed by atoms with Crippen LogP contribution in [0.25, 0.3) is 28.2 Å². The minimum Gasteiger partial charge on any atom is -0.506 e. The molecule has 1 aromatic heterocycles. The molecule has 1 heterocycles. The van der Waals surface area contributed by atoms with Crippen LogP contribution in [0, 0.1) is 0 Å². The van der Waals surface area contributed by atoms with Crippen LogP contribution in [0.2, 0.25) is 0 Å². The van der Waals surface area contributed by atoms with E-state index >= 15 is 0 Å². The van der Waals surface area contributed by atoms with Crippen molar-refractivity contribution in [1.82, 2.24) is 9.99 Å². The minimum atomic E-state index is -0.403. The summed E-state index contributed by atoms with van der Waals surface area (Å²) < 4.78 is 4.01. The number of carbonyl (C=O) groups excluding carboxylic acids is 1. The first-order valence-corrected chi connectivity index (χ1v) is 13.9. The molecule has 0 fully saturated rings. The molecule has 4 aromatic carbocycles. The van der Waals surface area contributed by atoms with Crippen LogP contribution in [0.4, 0.5) is 0 Å². The van der Waals surface area contributed by atoms with E-state index < -0.39 is 5.91 Å². The number of aromatic hydroxyl groups is 1. The van der Waals surface area contributed by atoms with Crippen LogP contribution in [-0.2, 0) is 0 Å². The van der Waals surface area contributed by atoms with Crippen LogP contribution in [0.5, 0.6) is 5.75 Å². The summed E-state index contributed by atoms with van der Waals surface area (Å²) in [6, 6.07) is 33.6. The number of hydrogen-bond donors (Lipinski definition) is 2. The van der Waals surface area contributed by atoms with Crippen molar-refractivity contribution in [1.29, 1.82) is 0 Å². The average Bonchev–Trinajstić information content (AvgIpc) is 3.32. The smallest absolute Gasteiger partial charge is 0.271 e. The van der Waals surface area contributed by atoms with Gasteiger partial charge in [0.2, 0.25) is 0 Å². The predicted octanol–water partition coefficient (Wildman–Crippen LogP) is 8.57. The Kier molecular flexibility index (Phi) is 7.93. The maximum absolute atomic E-state index is 12.8. The van der Waals surface area contributed by atoms with E-state index in [9.17, 15) is 9.90 Å². The van der Waals surface area contributed by atoms with Gasteiger partial charge in [0.05, 0.1) is 26.5 Å². The Labute approximate surface area is 245 Å². The van der Waals surface area contributed by atoms with Gasteiger partial charge in [-0.05, 0) is 85.5 Å². The van der Waals surface area contributed by atoms with Gasteiger partial charge in [0.25, 0.3) is 5.91 Å². The Morgan fingerprint density at radius 1 is 0.789 bits per heavy atom. The molecule has 0 aliphatic rings. The zero-order valence-electron chi connectivity index (χ0n) is 19.8. The van der Waals surface area contributed by atoms with Gasteiger partial charge in [-0.25, -0.2) is 5.43 Å². The predicted molar refractivity (Wildman–Crippen MR) is 163 cm³/mol. The lowest BCUT2D eigenvalue weighted by atomic mass is 10.1. The Morgan fingerprint density at radius 3 is 1.97 bits per heavy atom. The normalized spacial score (nSPS) is 11.1. The fourth-order valence-electron chi connectivity index (χ4n) is 4.12. The molecule has 1 amide bonds. The maximum atomic E-state index is 12.8. The van der Waals surface area contributed by atoms with Gasteiger partial charge in [-0.3, -0.25) is 4.79 Å². The number of carbonyl (C=O) groups is 1. The molecule has 0 radical (unpaired) electrons. The van der Waals surface area contributed by atoms with Crippen LogP contribution >= 0.6 is 47.8 Å². The van der Waals surface area contributed by atoms with Gasteiger partial charge in [-0.2, -0.15) is 5.10 Å². The maximum Gasteiger partial charge on any atom is 0.271 e. The number of phenolic OH excluding ortho intramolecular Hbond substituents is 1. The number of rotatable bonds is 6. The van der Waals surface area contributed by atoms with Crippen molar-refractivity contribution in [3.05, 3.63) is 128 Å². The Balaban J connectivity index is 1.61. The first kappa shape index (κ1) is 26.2. The molecule has 188 valence electrons. The molecule has 2 N–H and O–H groups in total. The molecule has 0 spiro atoms. The SMILES string of the molecule is O=C(N/N=C\c1cc(-c2ccccc2)n(-c2ccc(Br)cc2)c1-c1ccccc1)c1cc(Br)c(O)c(Br)c1. The molecule has 0 atom stereocenters. The molecule has 0 aliphatic heterocycles. The van der Waals surface area contributed by atoms with Gasteiger partial charge in [-0.1, -0.05) is 76.6 Å². The van der Waals surface area contributed by atoms with E-state index in [1.807, 2.05) is 48.5 Å². The highest BCUT2D eigenvalue weighted by molar-refractivity contribution is 9.11. The van der Waals surface area contributed by atoms with E-state index in [-0.39, 0.29) is 5.75 Å². The van der Waals surface area contributed by atoms with Crippen molar-refractivity contribution in [2.24, 2.45) is 5.10 Å². The van der Waals surface area contributed by atoms with Gasteiger partial charge >= 0.3 is 0 Å². The first-order valence-electron chi connectivity index (χ1n) is 11.6. The van der Waals surface area contributed by atoms with Crippen LogP contribution in [0.15, 0.2) is 122 Å². The number of halogens is 3. The summed E-state index contributed by atoms with van der Waals surface area (Å²) in [6.07, 6.45) is 1.66. The monoisotopic (exact) mass is 691 g/mol. The van der Waals surface area contributed by atoms with E-state index in [0.29, 0.717) is 14.5 Å². The number of benzene rings is 4. The molecule has 0 aliphatic carbocycles. The quantitative estimate of drug-likeness (QED) is 0.138. The summed E-state index contributed by atoms with van der Waals surface area (Å²) in [4.78, 5) is 12.8. The summed E-state index contributed by atoms with van der Waals surface area (Å²) in [5.74, 6) is -0.375. The van der Waals surface area contributed by atoms with Crippen LogP contribution in [0.1, 0.15) is 15.9 Å².